The summed E-state index contributed by atoms with van der Waals surface area (Å²) in [5.41, 5.74) is 3.59. The molecule has 126 valence electrons. The molecule has 4 heterocycles. The SMILES string of the molecule is C[SH](S)c1cnc2sc(C[SH](S)c3cnc4ncsc4c3)nc2c1. The van der Waals surface area contributed by atoms with Crippen LogP contribution in [0.3, 0.4) is 0 Å². The summed E-state index contributed by atoms with van der Waals surface area (Å²) >= 11 is 12.6. The molecule has 4 rings (SSSR count). The van der Waals surface area contributed by atoms with Crippen molar-refractivity contribution >= 4 is 86.5 Å². The molecule has 4 aromatic heterocycles. The number of aromatic nitrogens is 4. The van der Waals surface area contributed by atoms with Crippen LogP contribution in [-0.2, 0) is 5.75 Å². The quantitative estimate of drug-likeness (QED) is 0.274. The molecule has 0 aliphatic carbocycles. The van der Waals surface area contributed by atoms with E-state index in [4.69, 9.17) is 16.6 Å². The summed E-state index contributed by atoms with van der Waals surface area (Å²) in [4.78, 5) is 21.2. The average molecular weight is 431 g/mol. The van der Waals surface area contributed by atoms with Crippen molar-refractivity contribution in [2.75, 3.05) is 6.26 Å². The number of thiazole rings is 2. The van der Waals surface area contributed by atoms with Crippen LogP contribution >= 0.6 is 65.8 Å². The molecule has 0 saturated carbocycles. The Morgan fingerprint density at radius 3 is 2.75 bits per heavy atom. The minimum atomic E-state index is -0.643. The molecule has 0 radical (unpaired) electrons. The van der Waals surface area contributed by atoms with Crippen LogP contribution < -0.4 is 0 Å². The van der Waals surface area contributed by atoms with E-state index in [1.54, 1.807) is 22.7 Å². The van der Waals surface area contributed by atoms with Gasteiger partial charge in [-0.25, -0.2) is 19.9 Å². The van der Waals surface area contributed by atoms with E-state index in [2.05, 4.69) is 45.0 Å². The van der Waals surface area contributed by atoms with Gasteiger partial charge in [0.05, 0.1) is 10.2 Å². The van der Waals surface area contributed by atoms with Crippen molar-refractivity contribution in [1.29, 1.82) is 0 Å². The minimum absolute atomic E-state index is 0.452. The summed E-state index contributed by atoms with van der Waals surface area (Å²) in [5, 5.41) is 1.07. The van der Waals surface area contributed by atoms with Gasteiger partial charge in [-0.05, 0) is 18.4 Å². The minimum Gasteiger partial charge on any atom is -0.243 e. The van der Waals surface area contributed by atoms with Gasteiger partial charge in [-0.2, -0.15) is 19.9 Å². The first-order chi connectivity index (χ1) is 11.6. The lowest BCUT2D eigenvalue weighted by Crippen LogP contribution is -1.85. The molecule has 0 fully saturated rings. The third kappa shape index (κ3) is 3.40. The second-order valence-electron chi connectivity index (χ2n) is 5.07. The van der Waals surface area contributed by atoms with E-state index in [0.717, 1.165) is 41.2 Å². The summed E-state index contributed by atoms with van der Waals surface area (Å²) in [6, 6.07) is 4.25. The normalized spacial score (nSPS) is 15.8. The first kappa shape index (κ1) is 16.9. The summed E-state index contributed by atoms with van der Waals surface area (Å²) in [6.45, 7) is 0. The van der Waals surface area contributed by atoms with Gasteiger partial charge >= 0.3 is 0 Å². The van der Waals surface area contributed by atoms with E-state index in [0.29, 0.717) is 0 Å². The van der Waals surface area contributed by atoms with Crippen molar-refractivity contribution in [1.82, 2.24) is 19.9 Å². The third-order valence-electron chi connectivity index (χ3n) is 3.41. The van der Waals surface area contributed by atoms with Gasteiger partial charge in [0.2, 0.25) is 0 Å². The van der Waals surface area contributed by atoms with Crippen LogP contribution in [0, 0.1) is 0 Å². The van der Waals surface area contributed by atoms with Crippen LogP contribution in [0.1, 0.15) is 5.01 Å². The zero-order valence-electron chi connectivity index (χ0n) is 12.5. The number of hydrogen-bond acceptors (Lipinski definition) is 8. The van der Waals surface area contributed by atoms with Crippen molar-refractivity contribution in [2.24, 2.45) is 0 Å². The number of fused-ring (bicyclic) bond motifs is 2. The molecule has 0 amide bonds. The Kier molecular flexibility index (Phi) is 4.94. The predicted molar refractivity (Wildman–Crippen MR) is 117 cm³/mol. The topological polar surface area (TPSA) is 51.6 Å². The number of nitrogens with zero attached hydrogens (tertiary/aromatic N) is 4. The molecule has 10 heteroatoms. The van der Waals surface area contributed by atoms with Gasteiger partial charge in [-0.3, -0.25) is 0 Å². The van der Waals surface area contributed by atoms with E-state index in [1.807, 2.05) is 17.9 Å². The first-order valence-electron chi connectivity index (χ1n) is 6.94. The number of pyridine rings is 2. The molecule has 4 nitrogen and oxygen atoms in total. The lowest BCUT2D eigenvalue weighted by molar-refractivity contribution is 1.24. The monoisotopic (exact) mass is 430 g/mol. The highest BCUT2D eigenvalue weighted by molar-refractivity contribution is 8.78. The average Bonchev–Trinajstić information content (AvgIpc) is 3.18. The van der Waals surface area contributed by atoms with Crippen LogP contribution in [0.5, 0.6) is 0 Å². The van der Waals surface area contributed by atoms with Gasteiger partial charge < -0.3 is 0 Å². The second kappa shape index (κ2) is 7.00. The number of rotatable bonds is 4. The van der Waals surface area contributed by atoms with Crippen molar-refractivity contribution in [3.8, 4) is 0 Å². The molecular formula is C14H14N4S6. The van der Waals surface area contributed by atoms with Crippen LogP contribution in [0.2, 0.25) is 0 Å². The van der Waals surface area contributed by atoms with Gasteiger partial charge in [0.15, 0.2) is 5.65 Å². The Morgan fingerprint density at radius 2 is 1.92 bits per heavy atom. The summed E-state index contributed by atoms with van der Waals surface area (Å²) in [6.07, 6.45) is 5.90. The molecular weight excluding hydrogens is 417 g/mol. The summed E-state index contributed by atoms with van der Waals surface area (Å²) in [7, 11) is -1.10. The van der Waals surface area contributed by atoms with E-state index < -0.39 is 19.9 Å². The predicted octanol–water partition coefficient (Wildman–Crippen LogP) is 4.94. The van der Waals surface area contributed by atoms with Gasteiger partial charge in [0, 0.05) is 27.9 Å². The molecule has 0 saturated heterocycles. The maximum atomic E-state index is 4.82. The van der Waals surface area contributed by atoms with Crippen molar-refractivity contribution in [3.05, 3.63) is 35.0 Å². The van der Waals surface area contributed by atoms with Crippen molar-refractivity contribution in [2.45, 2.75) is 15.5 Å². The van der Waals surface area contributed by atoms with Crippen LogP contribution in [0.25, 0.3) is 20.7 Å². The molecule has 4 aromatic rings. The maximum Gasteiger partial charge on any atom is 0.170 e. The van der Waals surface area contributed by atoms with Gasteiger partial charge in [0.25, 0.3) is 0 Å². The summed E-state index contributed by atoms with van der Waals surface area (Å²) in [5.74, 6) is 0.822. The van der Waals surface area contributed by atoms with E-state index >= 15 is 0 Å². The smallest absolute Gasteiger partial charge is 0.170 e. The lowest BCUT2D eigenvalue weighted by atomic mass is 10.4. The maximum absolute atomic E-state index is 4.82. The Hall–Kier alpha value is -0.520. The van der Waals surface area contributed by atoms with Crippen LogP contribution in [0.15, 0.2) is 39.8 Å². The third-order valence-corrected chi connectivity index (χ3v) is 9.61. The standard InChI is InChI=1S/C14H14N4S6/c1-23(19)8-2-10-14(16-4-8)22-12(18-10)6-24(20)9-3-11-13(15-5-9)17-7-21-11/h2-5,7,19-20,23-24H,6H2,1H3. The molecule has 0 aromatic carbocycles. The fourth-order valence-corrected chi connectivity index (χ4v) is 7.15. The Morgan fingerprint density at radius 1 is 1.08 bits per heavy atom. The summed E-state index contributed by atoms with van der Waals surface area (Å²) < 4.78 is 1.11. The molecule has 2 unspecified atom stereocenters. The molecule has 24 heavy (non-hydrogen) atoms. The van der Waals surface area contributed by atoms with E-state index in [-0.39, 0.29) is 0 Å². The second-order valence-corrected chi connectivity index (χ2v) is 13.5. The fourth-order valence-electron chi connectivity index (χ4n) is 2.21. The highest BCUT2D eigenvalue weighted by Crippen LogP contribution is 2.45. The van der Waals surface area contributed by atoms with Gasteiger partial charge in [0.1, 0.15) is 15.4 Å². The van der Waals surface area contributed by atoms with Crippen molar-refractivity contribution < 1.29 is 0 Å². The highest BCUT2D eigenvalue weighted by Gasteiger charge is 2.12. The fraction of sp³-hybridized carbons (Fsp3) is 0.143. The zero-order chi connectivity index (χ0) is 16.7. The molecule has 0 aliphatic heterocycles. The van der Waals surface area contributed by atoms with Gasteiger partial charge in [-0.1, -0.05) is 11.3 Å². The molecule has 0 bridgehead atoms. The van der Waals surface area contributed by atoms with Gasteiger partial charge in [-0.15, -0.1) is 34.7 Å². The Bertz CT molecular complexity index is 1010. The van der Waals surface area contributed by atoms with Crippen molar-refractivity contribution in [3.63, 3.8) is 0 Å². The molecule has 0 aliphatic rings. The molecule has 2 atom stereocenters. The number of thiol groups is 4. The largest absolute Gasteiger partial charge is 0.243 e. The van der Waals surface area contributed by atoms with E-state index in [1.165, 1.54) is 0 Å². The zero-order valence-corrected chi connectivity index (χ0v) is 17.7. The van der Waals surface area contributed by atoms with Crippen LogP contribution in [0.4, 0.5) is 0 Å². The van der Waals surface area contributed by atoms with E-state index in [9.17, 15) is 0 Å². The molecule has 0 N–H and O–H groups in total. The number of hydrogen-bond donors (Lipinski definition) is 4. The lowest BCUT2D eigenvalue weighted by Gasteiger charge is -2.12. The highest BCUT2D eigenvalue weighted by atomic mass is 33.1. The Labute approximate surface area is 162 Å². The van der Waals surface area contributed by atoms with Crippen LogP contribution in [-0.4, -0.2) is 26.2 Å². The Balaban J connectivity index is 1.60. The first-order valence-corrected chi connectivity index (χ1v) is 14.3. The molecule has 0 spiro atoms.